The molecular formula is C63H129N2O6P. The monoisotopic (exact) mass is 1040 g/mol. The fourth-order valence-electron chi connectivity index (χ4n) is 10.3. The van der Waals surface area contributed by atoms with Gasteiger partial charge in [0.25, 0.3) is 7.82 Å². The van der Waals surface area contributed by atoms with Crippen molar-refractivity contribution in [1.29, 1.82) is 0 Å². The van der Waals surface area contributed by atoms with Crippen LogP contribution in [0.15, 0.2) is 0 Å². The molecule has 432 valence electrons. The van der Waals surface area contributed by atoms with Gasteiger partial charge in [0, 0.05) is 6.42 Å². The van der Waals surface area contributed by atoms with Crippen molar-refractivity contribution in [1.82, 2.24) is 5.32 Å². The Balaban J connectivity index is 4.02. The number of likely N-dealkylation sites (N-methyl/N-ethyl adjacent to an activating group) is 1. The topological polar surface area (TPSA) is 108 Å². The summed E-state index contributed by atoms with van der Waals surface area (Å²) in [5.41, 5.74) is 0. The van der Waals surface area contributed by atoms with Gasteiger partial charge < -0.3 is 28.8 Å². The second kappa shape index (κ2) is 55.3. The number of hydrogen-bond acceptors (Lipinski definition) is 6. The Kier molecular flexibility index (Phi) is 54.9. The molecule has 0 saturated heterocycles. The van der Waals surface area contributed by atoms with Crippen LogP contribution in [0.25, 0.3) is 0 Å². The van der Waals surface area contributed by atoms with E-state index in [2.05, 4.69) is 19.2 Å². The highest BCUT2D eigenvalue weighted by Crippen LogP contribution is 2.38. The predicted octanol–water partition coefficient (Wildman–Crippen LogP) is 19.4. The number of aliphatic hydroxyl groups excluding tert-OH is 1. The van der Waals surface area contributed by atoms with Crippen molar-refractivity contribution in [3.8, 4) is 0 Å². The quantitative estimate of drug-likeness (QED) is 0.0357. The van der Waals surface area contributed by atoms with Gasteiger partial charge in [-0.05, 0) is 12.8 Å². The minimum Gasteiger partial charge on any atom is -0.756 e. The van der Waals surface area contributed by atoms with Crippen LogP contribution in [0.2, 0.25) is 0 Å². The van der Waals surface area contributed by atoms with Crippen LogP contribution in [0, 0.1) is 0 Å². The van der Waals surface area contributed by atoms with Gasteiger partial charge in [-0.15, -0.1) is 0 Å². The molecule has 3 atom stereocenters. The molecule has 0 aromatic rings. The third kappa shape index (κ3) is 57.2. The van der Waals surface area contributed by atoms with E-state index in [4.69, 9.17) is 9.05 Å². The standard InChI is InChI=1S/C63H129N2O6P/c1-6-8-10-12-14-16-18-20-22-24-26-28-29-30-31-32-33-34-35-37-39-41-43-45-47-49-51-53-55-57-63(67)64-61(60-71-72(68,69)70-59-58-65(3,4)5)62(66)56-54-52-50-48-46-44-42-40-38-36-27-25-23-21-19-17-15-13-11-9-7-2/h61-62,66H,6-60H2,1-5H3,(H-,64,67,68,69). The molecule has 0 aliphatic rings. The molecule has 1 amide bonds. The highest BCUT2D eigenvalue weighted by atomic mass is 31.2. The van der Waals surface area contributed by atoms with Crippen molar-refractivity contribution < 1.29 is 32.9 Å². The lowest BCUT2D eigenvalue weighted by Crippen LogP contribution is -2.46. The first-order chi connectivity index (χ1) is 35.0. The van der Waals surface area contributed by atoms with E-state index in [9.17, 15) is 19.4 Å². The van der Waals surface area contributed by atoms with Crippen molar-refractivity contribution in [3.05, 3.63) is 0 Å². The molecule has 0 heterocycles. The molecular weight excluding hydrogens is 912 g/mol. The first-order valence-corrected chi connectivity index (χ1v) is 33.8. The normalized spacial score (nSPS) is 13.7. The van der Waals surface area contributed by atoms with Gasteiger partial charge in [0.15, 0.2) is 0 Å². The van der Waals surface area contributed by atoms with E-state index in [-0.39, 0.29) is 19.1 Å². The lowest BCUT2D eigenvalue weighted by atomic mass is 10.0. The van der Waals surface area contributed by atoms with E-state index < -0.39 is 20.0 Å². The SMILES string of the molecule is CCCCCCCCCCCCCCCCCCCCCCCCCCCCCCCC(=O)NC(COP(=O)([O-])OCC[N+](C)(C)C)C(O)CCCCCCCCCCCCCCCCCCCCCCC. The van der Waals surface area contributed by atoms with Gasteiger partial charge in [-0.1, -0.05) is 328 Å². The molecule has 0 bridgehead atoms. The van der Waals surface area contributed by atoms with Gasteiger partial charge in [-0.25, -0.2) is 0 Å². The number of nitrogens with one attached hydrogen (secondary N) is 1. The summed E-state index contributed by atoms with van der Waals surface area (Å²) in [5, 5.41) is 14.1. The highest BCUT2D eigenvalue weighted by Gasteiger charge is 2.24. The van der Waals surface area contributed by atoms with E-state index in [1.165, 1.54) is 283 Å². The van der Waals surface area contributed by atoms with Crippen molar-refractivity contribution >= 4 is 13.7 Å². The molecule has 8 nitrogen and oxygen atoms in total. The number of hydrogen-bond donors (Lipinski definition) is 2. The lowest BCUT2D eigenvalue weighted by Gasteiger charge is -2.30. The minimum atomic E-state index is -4.57. The Morgan fingerprint density at radius 3 is 0.944 bits per heavy atom. The highest BCUT2D eigenvalue weighted by molar-refractivity contribution is 7.45. The number of nitrogens with zero attached hydrogens (tertiary/aromatic N) is 1. The average molecular weight is 1040 g/mol. The number of aliphatic hydroxyl groups is 1. The largest absolute Gasteiger partial charge is 0.756 e. The first-order valence-electron chi connectivity index (χ1n) is 32.4. The van der Waals surface area contributed by atoms with Crippen LogP contribution in [0.1, 0.15) is 348 Å². The molecule has 0 aromatic carbocycles. The van der Waals surface area contributed by atoms with Gasteiger partial charge in [0.05, 0.1) is 39.9 Å². The summed E-state index contributed by atoms with van der Waals surface area (Å²) in [6, 6.07) is -0.796. The molecule has 3 unspecified atom stereocenters. The number of carbonyl (C=O) groups is 1. The fraction of sp³-hybridized carbons (Fsp3) is 0.984. The van der Waals surface area contributed by atoms with Crippen molar-refractivity contribution in [3.63, 3.8) is 0 Å². The molecule has 2 N–H and O–H groups in total. The van der Waals surface area contributed by atoms with Crippen molar-refractivity contribution in [2.45, 2.75) is 360 Å². The van der Waals surface area contributed by atoms with E-state index in [0.717, 1.165) is 38.5 Å². The van der Waals surface area contributed by atoms with Crippen LogP contribution in [-0.2, 0) is 18.4 Å². The Bertz CT molecular complexity index is 1140. The van der Waals surface area contributed by atoms with Crippen molar-refractivity contribution in [2.75, 3.05) is 40.9 Å². The molecule has 0 aromatic heterocycles. The maximum atomic E-state index is 13.0. The number of rotatable bonds is 61. The summed E-state index contributed by atoms with van der Waals surface area (Å²) in [5.74, 6) is -0.154. The molecule has 0 radical (unpaired) electrons. The van der Waals surface area contributed by atoms with E-state index in [1.54, 1.807) is 0 Å². The summed E-state index contributed by atoms with van der Waals surface area (Å²) in [6.07, 6.45) is 67.3. The second-order valence-electron chi connectivity index (χ2n) is 23.8. The Morgan fingerprint density at radius 2 is 0.681 bits per heavy atom. The minimum absolute atomic E-state index is 0.0168. The van der Waals surface area contributed by atoms with E-state index >= 15 is 0 Å². The number of carbonyl (C=O) groups excluding carboxylic acids is 1. The number of quaternary nitrogens is 1. The number of phosphoric acid groups is 1. The third-order valence-electron chi connectivity index (χ3n) is 15.3. The molecule has 0 spiro atoms. The van der Waals surface area contributed by atoms with Crippen LogP contribution in [-0.4, -0.2) is 68.5 Å². The van der Waals surface area contributed by atoms with Crippen molar-refractivity contribution in [2.24, 2.45) is 0 Å². The van der Waals surface area contributed by atoms with Crippen LogP contribution < -0.4 is 10.2 Å². The Labute approximate surface area is 450 Å². The second-order valence-corrected chi connectivity index (χ2v) is 25.3. The zero-order chi connectivity index (χ0) is 52.7. The van der Waals surface area contributed by atoms with Gasteiger partial charge >= 0.3 is 0 Å². The molecule has 0 aliphatic heterocycles. The maximum Gasteiger partial charge on any atom is 0.268 e. The van der Waals surface area contributed by atoms with Crippen LogP contribution in [0.4, 0.5) is 0 Å². The summed E-state index contributed by atoms with van der Waals surface area (Å²) in [6.45, 7) is 4.79. The Hall–Kier alpha value is -0.500. The van der Waals surface area contributed by atoms with Crippen LogP contribution in [0.5, 0.6) is 0 Å². The van der Waals surface area contributed by atoms with E-state index in [1.807, 2.05) is 21.1 Å². The zero-order valence-electron chi connectivity index (χ0n) is 49.4. The molecule has 0 fully saturated rings. The van der Waals surface area contributed by atoms with Gasteiger partial charge in [-0.2, -0.15) is 0 Å². The van der Waals surface area contributed by atoms with Gasteiger partial charge in [0.1, 0.15) is 13.2 Å². The molecule has 9 heteroatoms. The van der Waals surface area contributed by atoms with E-state index in [0.29, 0.717) is 23.9 Å². The smallest absolute Gasteiger partial charge is 0.268 e. The van der Waals surface area contributed by atoms with Crippen LogP contribution in [0.3, 0.4) is 0 Å². The lowest BCUT2D eigenvalue weighted by molar-refractivity contribution is -0.870. The summed E-state index contributed by atoms with van der Waals surface area (Å²) >= 11 is 0. The Morgan fingerprint density at radius 1 is 0.431 bits per heavy atom. The first kappa shape index (κ1) is 71.5. The fourth-order valence-corrected chi connectivity index (χ4v) is 11.0. The zero-order valence-corrected chi connectivity index (χ0v) is 50.3. The summed E-state index contributed by atoms with van der Waals surface area (Å²) in [7, 11) is 1.33. The maximum absolute atomic E-state index is 13.0. The third-order valence-corrected chi connectivity index (χ3v) is 16.3. The number of phosphoric ester groups is 1. The molecule has 0 rings (SSSR count). The molecule has 0 aliphatic carbocycles. The summed E-state index contributed by atoms with van der Waals surface area (Å²) in [4.78, 5) is 25.6. The van der Waals surface area contributed by atoms with Crippen LogP contribution >= 0.6 is 7.82 Å². The summed E-state index contributed by atoms with van der Waals surface area (Å²) < 4.78 is 23.5. The molecule has 72 heavy (non-hydrogen) atoms. The predicted molar refractivity (Wildman–Crippen MR) is 312 cm³/mol. The van der Waals surface area contributed by atoms with Gasteiger partial charge in [-0.3, -0.25) is 9.36 Å². The number of unbranched alkanes of at least 4 members (excludes halogenated alkanes) is 48. The molecule has 0 saturated carbocycles. The number of amides is 1. The van der Waals surface area contributed by atoms with Gasteiger partial charge in [0.2, 0.25) is 5.91 Å². The average Bonchev–Trinajstić information content (AvgIpc) is 3.34.